The third-order valence-electron chi connectivity index (χ3n) is 3.09. The molecule has 1 atom stereocenters. The van der Waals surface area contributed by atoms with Crippen LogP contribution in [-0.2, 0) is 10.3 Å². The van der Waals surface area contributed by atoms with Crippen LogP contribution in [0, 0.1) is 0 Å². The number of ether oxygens (including phenoxy) is 1. The topological polar surface area (TPSA) is 64.3 Å². The average Bonchev–Trinajstić information content (AvgIpc) is 2.40. The Bertz CT molecular complexity index is 387. The second-order valence-corrected chi connectivity index (χ2v) is 4.95. The number of amides is 1. The van der Waals surface area contributed by atoms with Crippen molar-refractivity contribution in [2.24, 2.45) is 5.73 Å². The third kappa shape index (κ3) is 8.81. The summed E-state index contributed by atoms with van der Waals surface area (Å²) in [6, 6.07) is 9.84. The number of carbonyl (C=O) groups is 1. The second kappa shape index (κ2) is 11.7. The van der Waals surface area contributed by atoms with Crippen LogP contribution in [0.2, 0.25) is 0 Å². The average molecular weight is 337 g/mol. The Hall–Kier alpha value is -0.970. The first kappa shape index (κ1) is 22.3. The quantitative estimate of drug-likeness (QED) is 0.747. The first-order valence-electron chi connectivity index (χ1n) is 6.81. The first-order valence-corrected chi connectivity index (χ1v) is 6.81. The maximum absolute atomic E-state index is 11.4. The van der Waals surface area contributed by atoms with E-state index in [9.17, 15) is 4.79 Å². The highest BCUT2D eigenvalue weighted by atomic mass is 35.5. The zero-order valence-corrected chi connectivity index (χ0v) is 14.3. The van der Waals surface area contributed by atoms with Crippen LogP contribution in [-0.4, -0.2) is 19.2 Å². The van der Waals surface area contributed by atoms with Crippen LogP contribution < -0.4 is 11.1 Å². The normalized spacial score (nSPS) is 12.3. The van der Waals surface area contributed by atoms with Gasteiger partial charge in [-0.25, -0.2) is 4.79 Å². The largest absolute Gasteiger partial charge is 0.449 e. The molecule has 0 aliphatic rings. The highest BCUT2D eigenvalue weighted by molar-refractivity contribution is 5.85. The van der Waals surface area contributed by atoms with Crippen molar-refractivity contribution in [1.82, 2.24) is 5.32 Å². The summed E-state index contributed by atoms with van der Waals surface area (Å²) in [6.07, 6.45) is 2.25. The molecule has 0 saturated carbocycles. The second-order valence-electron chi connectivity index (χ2n) is 4.95. The van der Waals surface area contributed by atoms with Crippen LogP contribution in [0.25, 0.3) is 0 Å². The summed E-state index contributed by atoms with van der Waals surface area (Å²) in [7, 11) is 0. The molecule has 6 heteroatoms. The van der Waals surface area contributed by atoms with Gasteiger partial charge in [-0.1, -0.05) is 43.7 Å². The van der Waals surface area contributed by atoms with Gasteiger partial charge in [0, 0.05) is 18.5 Å². The number of nitrogens with one attached hydrogen (secondary N) is 1. The van der Waals surface area contributed by atoms with E-state index in [4.69, 9.17) is 10.5 Å². The maximum atomic E-state index is 11.4. The van der Waals surface area contributed by atoms with Crippen molar-refractivity contribution in [3.63, 3.8) is 0 Å². The predicted octanol–water partition coefficient (Wildman–Crippen LogP) is 3.62. The van der Waals surface area contributed by atoms with E-state index in [2.05, 4.69) is 12.2 Å². The Kier molecular flexibility index (Phi) is 12.4. The van der Waals surface area contributed by atoms with Crippen LogP contribution in [0.5, 0.6) is 0 Å². The van der Waals surface area contributed by atoms with Crippen LogP contribution in [0.4, 0.5) is 4.79 Å². The summed E-state index contributed by atoms with van der Waals surface area (Å²) in [5, 5.41) is 2.71. The standard InChI is InChI=1S/C15H24N2O2.2ClH/c1-3-4-11-17-14(18)19-12-10-15(2,16)13-8-6-5-7-9-13;;/h5-9H,3-4,10-12,16H2,1-2H3,(H,17,18);2*1H. The monoisotopic (exact) mass is 336 g/mol. The van der Waals surface area contributed by atoms with Gasteiger partial charge in [0.25, 0.3) is 0 Å². The number of benzene rings is 1. The van der Waals surface area contributed by atoms with Gasteiger partial charge in [-0.3, -0.25) is 0 Å². The number of carbonyl (C=O) groups excluding carboxylic acids is 1. The molecule has 4 nitrogen and oxygen atoms in total. The minimum absolute atomic E-state index is 0. The van der Waals surface area contributed by atoms with Crippen LogP contribution >= 0.6 is 24.8 Å². The van der Waals surface area contributed by atoms with Crippen molar-refractivity contribution in [2.45, 2.75) is 38.6 Å². The maximum Gasteiger partial charge on any atom is 0.407 e. The van der Waals surface area contributed by atoms with E-state index < -0.39 is 5.54 Å². The van der Waals surface area contributed by atoms with Gasteiger partial charge in [-0.05, 0) is 18.9 Å². The van der Waals surface area contributed by atoms with E-state index in [1.807, 2.05) is 37.3 Å². The van der Waals surface area contributed by atoms with Gasteiger partial charge < -0.3 is 15.8 Å². The Morgan fingerprint density at radius 3 is 2.48 bits per heavy atom. The van der Waals surface area contributed by atoms with Gasteiger partial charge in [-0.15, -0.1) is 24.8 Å². The first-order chi connectivity index (χ1) is 9.06. The highest BCUT2D eigenvalue weighted by Crippen LogP contribution is 2.20. The Morgan fingerprint density at radius 2 is 1.90 bits per heavy atom. The molecule has 1 amide bonds. The number of unbranched alkanes of at least 4 members (excludes halogenated alkanes) is 1. The number of halogens is 2. The van der Waals surface area contributed by atoms with Crippen molar-refractivity contribution in [3.8, 4) is 0 Å². The van der Waals surface area contributed by atoms with Gasteiger partial charge in [0.2, 0.25) is 0 Å². The lowest BCUT2D eigenvalue weighted by molar-refractivity contribution is 0.136. The number of rotatable bonds is 7. The van der Waals surface area contributed by atoms with Crippen molar-refractivity contribution in [2.75, 3.05) is 13.2 Å². The lowest BCUT2D eigenvalue weighted by Gasteiger charge is -2.25. The molecule has 0 aromatic heterocycles. The lowest BCUT2D eigenvalue weighted by atomic mass is 9.90. The summed E-state index contributed by atoms with van der Waals surface area (Å²) in [6.45, 7) is 5.00. The SMILES string of the molecule is CCCCNC(=O)OCCC(C)(N)c1ccccc1.Cl.Cl. The van der Waals surface area contributed by atoms with Crippen LogP contribution in [0.15, 0.2) is 30.3 Å². The van der Waals surface area contributed by atoms with E-state index in [0.29, 0.717) is 19.6 Å². The smallest absolute Gasteiger partial charge is 0.407 e. The fourth-order valence-corrected chi connectivity index (χ4v) is 1.74. The summed E-state index contributed by atoms with van der Waals surface area (Å²) in [5.74, 6) is 0. The van der Waals surface area contributed by atoms with Gasteiger partial charge in [-0.2, -0.15) is 0 Å². The molecular weight excluding hydrogens is 311 g/mol. The van der Waals surface area contributed by atoms with Gasteiger partial charge in [0.1, 0.15) is 0 Å². The van der Waals surface area contributed by atoms with E-state index in [1.54, 1.807) is 0 Å². The number of alkyl carbamates (subject to hydrolysis) is 1. The highest BCUT2D eigenvalue weighted by Gasteiger charge is 2.21. The minimum atomic E-state index is -0.481. The third-order valence-corrected chi connectivity index (χ3v) is 3.09. The van der Waals surface area contributed by atoms with Crippen molar-refractivity contribution in [1.29, 1.82) is 0 Å². The molecule has 0 bridgehead atoms. The fraction of sp³-hybridized carbons (Fsp3) is 0.533. The zero-order valence-electron chi connectivity index (χ0n) is 12.6. The van der Waals surface area contributed by atoms with Gasteiger partial charge in [0.05, 0.1) is 6.61 Å². The Labute approximate surface area is 139 Å². The zero-order chi connectivity index (χ0) is 14.1. The van der Waals surface area contributed by atoms with Crippen molar-refractivity contribution >= 4 is 30.9 Å². The molecule has 21 heavy (non-hydrogen) atoms. The molecule has 3 N–H and O–H groups in total. The molecule has 1 aromatic carbocycles. The molecule has 0 heterocycles. The Morgan fingerprint density at radius 1 is 1.29 bits per heavy atom. The molecular formula is C15H26Cl2N2O2. The summed E-state index contributed by atoms with van der Waals surface area (Å²) >= 11 is 0. The van der Waals surface area contributed by atoms with E-state index >= 15 is 0 Å². The van der Waals surface area contributed by atoms with E-state index in [-0.39, 0.29) is 30.9 Å². The van der Waals surface area contributed by atoms with Crippen molar-refractivity contribution in [3.05, 3.63) is 35.9 Å². The molecule has 1 unspecified atom stereocenters. The van der Waals surface area contributed by atoms with Gasteiger partial charge in [0.15, 0.2) is 0 Å². The van der Waals surface area contributed by atoms with Gasteiger partial charge >= 0.3 is 6.09 Å². The molecule has 0 spiro atoms. The molecule has 0 aliphatic carbocycles. The molecule has 0 radical (unpaired) electrons. The fourth-order valence-electron chi connectivity index (χ4n) is 1.74. The summed E-state index contributed by atoms with van der Waals surface area (Å²) in [4.78, 5) is 11.4. The van der Waals surface area contributed by atoms with Crippen LogP contribution in [0.3, 0.4) is 0 Å². The minimum Gasteiger partial charge on any atom is -0.449 e. The summed E-state index contributed by atoms with van der Waals surface area (Å²) in [5.41, 5.74) is 6.80. The lowest BCUT2D eigenvalue weighted by Crippen LogP contribution is -2.35. The molecule has 0 saturated heterocycles. The molecule has 1 aromatic rings. The molecule has 0 aliphatic heterocycles. The number of hydrogen-bond donors (Lipinski definition) is 2. The molecule has 122 valence electrons. The molecule has 1 rings (SSSR count). The van der Waals surface area contributed by atoms with E-state index in [1.165, 1.54) is 0 Å². The number of nitrogens with two attached hydrogens (primary N) is 1. The summed E-state index contributed by atoms with van der Waals surface area (Å²) < 4.78 is 5.12. The number of hydrogen-bond acceptors (Lipinski definition) is 3. The Balaban J connectivity index is 0. The van der Waals surface area contributed by atoms with Crippen molar-refractivity contribution < 1.29 is 9.53 Å². The molecule has 0 fully saturated rings. The van der Waals surface area contributed by atoms with Crippen LogP contribution in [0.1, 0.15) is 38.7 Å². The van der Waals surface area contributed by atoms with E-state index in [0.717, 1.165) is 18.4 Å². The predicted molar refractivity (Wildman–Crippen MR) is 91.4 cm³/mol.